The third-order valence-corrected chi connectivity index (χ3v) is 2.27. The Morgan fingerprint density at radius 2 is 2.00 bits per heavy atom. The van der Waals surface area contributed by atoms with Crippen LogP contribution in [0.1, 0.15) is 33.6 Å². The Kier molecular flexibility index (Phi) is 3.97. The van der Waals surface area contributed by atoms with Crippen LogP contribution < -0.4 is 5.73 Å². The summed E-state index contributed by atoms with van der Waals surface area (Å²) in [6.07, 6.45) is 2.16. The SMILES string of the molecule is CC(C)(C)C#CCC(N)CN1CCC1. The molecule has 0 radical (unpaired) electrons. The van der Waals surface area contributed by atoms with Crippen LogP contribution in [-0.2, 0) is 0 Å². The van der Waals surface area contributed by atoms with Crippen LogP contribution in [0.15, 0.2) is 0 Å². The summed E-state index contributed by atoms with van der Waals surface area (Å²) in [6.45, 7) is 9.84. The Balaban J connectivity index is 2.18. The van der Waals surface area contributed by atoms with E-state index >= 15 is 0 Å². The standard InChI is InChI=1S/C12H22N2/c1-12(2,3)7-4-6-11(13)10-14-8-5-9-14/h11H,5-6,8-10,13H2,1-3H3. The first-order valence-corrected chi connectivity index (χ1v) is 5.45. The van der Waals surface area contributed by atoms with Gasteiger partial charge in [0.05, 0.1) is 0 Å². The molecule has 1 heterocycles. The Labute approximate surface area is 87.8 Å². The molecule has 0 amide bonds. The van der Waals surface area contributed by atoms with Crippen molar-refractivity contribution in [2.75, 3.05) is 19.6 Å². The van der Waals surface area contributed by atoms with Crippen LogP contribution in [0, 0.1) is 17.3 Å². The molecule has 0 aromatic heterocycles. The second-order valence-corrected chi connectivity index (χ2v) is 5.17. The molecule has 2 heteroatoms. The van der Waals surface area contributed by atoms with Gasteiger partial charge in [-0.3, -0.25) is 0 Å². The molecule has 0 aromatic rings. The average molecular weight is 194 g/mol. The molecule has 2 nitrogen and oxygen atoms in total. The van der Waals surface area contributed by atoms with E-state index in [0.717, 1.165) is 13.0 Å². The van der Waals surface area contributed by atoms with E-state index in [-0.39, 0.29) is 11.5 Å². The van der Waals surface area contributed by atoms with E-state index in [1.807, 2.05) is 0 Å². The topological polar surface area (TPSA) is 29.3 Å². The predicted molar refractivity (Wildman–Crippen MR) is 60.9 cm³/mol. The molecule has 80 valence electrons. The summed E-state index contributed by atoms with van der Waals surface area (Å²) < 4.78 is 0. The van der Waals surface area contributed by atoms with E-state index in [9.17, 15) is 0 Å². The predicted octanol–water partition coefficient (Wildman–Crippen LogP) is 1.46. The largest absolute Gasteiger partial charge is 0.326 e. The lowest BCUT2D eigenvalue weighted by atomic mass is 9.97. The zero-order chi connectivity index (χ0) is 10.6. The van der Waals surface area contributed by atoms with Crippen molar-refractivity contribution in [1.29, 1.82) is 0 Å². The maximum atomic E-state index is 5.97. The van der Waals surface area contributed by atoms with Crippen LogP contribution in [0.3, 0.4) is 0 Å². The van der Waals surface area contributed by atoms with E-state index in [2.05, 4.69) is 37.5 Å². The number of nitrogens with zero attached hydrogens (tertiary/aromatic N) is 1. The van der Waals surface area contributed by atoms with Crippen LogP contribution >= 0.6 is 0 Å². The van der Waals surface area contributed by atoms with Gasteiger partial charge in [0, 0.05) is 24.4 Å². The highest BCUT2D eigenvalue weighted by Crippen LogP contribution is 2.10. The molecule has 0 aromatic carbocycles. The fraction of sp³-hybridized carbons (Fsp3) is 0.833. The van der Waals surface area contributed by atoms with Crippen molar-refractivity contribution < 1.29 is 0 Å². The van der Waals surface area contributed by atoms with Crippen molar-refractivity contribution in [3.63, 3.8) is 0 Å². The average Bonchev–Trinajstić information content (AvgIpc) is 1.94. The zero-order valence-corrected chi connectivity index (χ0v) is 9.64. The van der Waals surface area contributed by atoms with Gasteiger partial charge in [-0.1, -0.05) is 5.92 Å². The van der Waals surface area contributed by atoms with Gasteiger partial charge in [-0.2, -0.15) is 0 Å². The second-order valence-electron chi connectivity index (χ2n) is 5.17. The summed E-state index contributed by atoms with van der Waals surface area (Å²) in [7, 11) is 0. The van der Waals surface area contributed by atoms with Gasteiger partial charge in [0.25, 0.3) is 0 Å². The molecule has 1 atom stereocenters. The Morgan fingerprint density at radius 1 is 1.36 bits per heavy atom. The van der Waals surface area contributed by atoms with Crippen LogP contribution in [0.4, 0.5) is 0 Å². The highest BCUT2D eigenvalue weighted by molar-refractivity contribution is 5.08. The molecule has 0 bridgehead atoms. The molecule has 0 aliphatic carbocycles. The summed E-state index contributed by atoms with van der Waals surface area (Å²) in [5.74, 6) is 6.39. The molecule has 1 rings (SSSR count). The first-order chi connectivity index (χ1) is 6.47. The van der Waals surface area contributed by atoms with Crippen molar-refractivity contribution in [3.05, 3.63) is 0 Å². The normalized spacial score (nSPS) is 19.4. The third-order valence-electron chi connectivity index (χ3n) is 2.27. The second kappa shape index (κ2) is 4.82. The highest BCUT2D eigenvalue weighted by atomic mass is 15.2. The van der Waals surface area contributed by atoms with Crippen molar-refractivity contribution >= 4 is 0 Å². The fourth-order valence-corrected chi connectivity index (χ4v) is 1.41. The number of likely N-dealkylation sites (tertiary alicyclic amines) is 1. The molecule has 1 aliphatic rings. The molecular weight excluding hydrogens is 172 g/mol. The minimum absolute atomic E-state index is 0.108. The minimum atomic E-state index is 0.108. The van der Waals surface area contributed by atoms with Gasteiger partial charge in [0.15, 0.2) is 0 Å². The van der Waals surface area contributed by atoms with E-state index in [4.69, 9.17) is 5.73 Å². The van der Waals surface area contributed by atoms with Gasteiger partial charge >= 0.3 is 0 Å². The number of nitrogens with two attached hydrogens (primary N) is 1. The van der Waals surface area contributed by atoms with Gasteiger partial charge in [-0.05, 0) is 40.3 Å². The van der Waals surface area contributed by atoms with E-state index in [0.29, 0.717) is 0 Å². The van der Waals surface area contributed by atoms with E-state index < -0.39 is 0 Å². The van der Waals surface area contributed by atoms with Crippen molar-refractivity contribution in [1.82, 2.24) is 4.90 Å². The maximum absolute atomic E-state index is 5.97. The van der Waals surface area contributed by atoms with Crippen LogP contribution in [0.2, 0.25) is 0 Å². The Bertz CT molecular complexity index is 225. The number of hydrogen-bond donors (Lipinski definition) is 1. The van der Waals surface area contributed by atoms with Crippen molar-refractivity contribution in [2.24, 2.45) is 11.1 Å². The summed E-state index contributed by atoms with van der Waals surface area (Å²) >= 11 is 0. The molecule has 0 spiro atoms. The minimum Gasteiger partial charge on any atom is -0.326 e. The lowest BCUT2D eigenvalue weighted by Gasteiger charge is -2.32. The quantitative estimate of drug-likeness (QED) is 0.689. The molecule has 14 heavy (non-hydrogen) atoms. The van der Waals surface area contributed by atoms with Gasteiger partial charge in [-0.15, -0.1) is 5.92 Å². The van der Waals surface area contributed by atoms with Gasteiger partial charge in [0.1, 0.15) is 0 Å². The van der Waals surface area contributed by atoms with E-state index in [1.165, 1.54) is 19.5 Å². The van der Waals surface area contributed by atoms with Crippen LogP contribution in [-0.4, -0.2) is 30.6 Å². The van der Waals surface area contributed by atoms with Gasteiger partial charge in [0.2, 0.25) is 0 Å². The zero-order valence-electron chi connectivity index (χ0n) is 9.64. The fourth-order valence-electron chi connectivity index (χ4n) is 1.41. The monoisotopic (exact) mass is 194 g/mol. The van der Waals surface area contributed by atoms with Crippen molar-refractivity contribution in [2.45, 2.75) is 39.7 Å². The lowest BCUT2D eigenvalue weighted by Crippen LogP contribution is -2.44. The highest BCUT2D eigenvalue weighted by Gasteiger charge is 2.15. The summed E-state index contributed by atoms with van der Waals surface area (Å²) in [6, 6.07) is 0.227. The molecule has 1 saturated heterocycles. The summed E-state index contributed by atoms with van der Waals surface area (Å²) in [5.41, 5.74) is 6.08. The molecule has 0 saturated carbocycles. The van der Waals surface area contributed by atoms with Gasteiger partial charge < -0.3 is 10.6 Å². The Morgan fingerprint density at radius 3 is 2.43 bits per heavy atom. The molecule has 1 unspecified atom stereocenters. The first-order valence-electron chi connectivity index (χ1n) is 5.45. The first kappa shape index (κ1) is 11.6. The third kappa shape index (κ3) is 4.64. The van der Waals surface area contributed by atoms with Gasteiger partial charge in [-0.25, -0.2) is 0 Å². The molecule has 1 aliphatic heterocycles. The number of hydrogen-bond acceptors (Lipinski definition) is 2. The summed E-state index contributed by atoms with van der Waals surface area (Å²) in [4.78, 5) is 2.39. The smallest absolute Gasteiger partial charge is 0.0278 e. The van der Waals surface area contributed by atoms with Crippen LogP contribution in [0.25, 0.3) is 0 Å². The molecule has 1 fully saturated rings. The van der Waals surface area contributed by atoms with E-state index in [1.54, 1.807) is 0 Å². The number of rotatable bonds is 3. The molecular formula is C12H22N2. The van der Waals surface area contributed by atoms with Crippen molar-refractivity contribution in [3.8, 4) is 11.8 Å². The summed E-state index contributed by atoms with van der Waals surface area (Å²) in [5, 5.41) is 0. The Hall–Kier alpha value is -0.520. The maximum Gasteiger partial charge on any atom is 0.0278 e. The molecule has 2 N–H and O–H groups in total. The van der Waals surface area contributed by atoms with Crippen LogP contribution in [0.5, 0.6) is 0 Å². The lowest BCUT2D eigenvalue weighted by molar-refractivity contribution is 0.171.